The highest BCUT2D eigenvalue weighted by Crippen LogP contribution is 2.37. The number of carbonyl (C=O) groups excluding carboxylic acids is 8. The monoisotopic (exact) mass is 1990 g/mol. The largest absolute Gasteiger partial charge is 0.444 e. The molecule has 0 saturated carbocycles. The number of nitrogen functional groups attached to an aromatic ring is 1. The van der Waals surface area contributed by atoms with Gasteiger partial charge < -0.3 is 85.3 Å². The minimum atomic E-state index is -0.613. The number of benzene rings is 3. The zero-order chi connectivity index (χ0) is 92.7. The molecule has 14 rings (SSSR count). The number of nitrogens with one attached hydrogen (secondary N) is 4. The van der Waals surface area contributed by atoms with Crippen molar-refractivity contribution >= 4 is 169 Å². The van der Waals surface area contributed by atoms with E-state index in [2.05, 4.69) is 93.3 Å². The van der Waals surface area contributed by atoms with Crippen LogP contribution in [0, 0.1) is 35.4 Å². The molecule has 6 N–H and O–H groups in total. The molecule has 11 heterocycles. The van der Waals surface area contributed by atoms with Crippen molar-refractivity contribution in [2.75, 3.05) is 125 Å². The first kappa shape index (κ1) is 102. The number of carbonyl (C=O) groups is 8. The fourth-order valence-corrected chi connectivity index (χ4v) is 20.8. The third-order valence-corrected chi connectivity index (χ3v) is 27.8. The summed E-state index contributed by atoms with van der Waals surface area (Å²) < 4.78 is 31.1. The van der Waals surface area contributed by atoms with Gasteiger partial charge in [-0.1, -0.05) is 127 Å². The molecule has 10 aliphatic rings. The van der Waals surface area contributed by atoms with Gasteiger partial charge in [-0.2, -0.15) is 4.39 Å². The normalized spacial score (nSPS) is 27.0. The van der Waals surface area contributed by atoms with E-state index in [4.69, 9.17) is 89.5 Å². The van der Waals surface area contributed by atoms with Crippen LogP contribution in [0.15, 0.2) is 60.9 Å². The number of likely N-dealkylation sites (tertiary alicyclic amines) is 8. The standard InChI is InChI=1S/C22H31Cl2N3O3.C21H25Cl2FN6O.C17H23Cl2N3O.C16H27IN2O3.C16H28N2O3/c1-14-7-9-26(21(29)30-22(2,3)4)13-19(14)27-8-5-6-18(20(27)28)25-17-11-15(23)10-16(24)12-17;1-12-4-6-29(20-18(24)19(25)26-11-27-20)10-17(12)30-5-2-3-16(21(30)31)28-15-8-13(22)7-14(23)9-15;1-11-4-5-20-10-16(11)22-6-2-3-15(17(22)23)21-14-8-12(18)7-13(19)9-14;1-11-7-9-18(15(21)22-16(2,3)4)10-13(11)19-8-5-6-12(17)14(19)20;1-12-8-10-17(15(20)21-16(2,3)4)11-13(12)18-9-6-5-7-14(18)19/h10-12,14,18-19,25H,5-9,13H2,1-4H3;7-9,11-12,16-17,28H,2-6,10H2,1H3,(H2,25,26,27);7-9,11,15-16,20-21H,2-6,10H2,1H3;11-13H,5-10H2,1-4H3;12-13H,5-11H2,1-4H3/t14-,18?,19-;12-,16?,17-;11-,15?,16-;11-,12?,13-;12-,13-/m00000/s1. The predicted molar refractivity (Wildman–Crippen MR) is 512 cm³/mol. The third-order valence-electron chi connectivity index (χ3n) is 25.3. The lowest BCUT2D eigenvalue weighted by atomic mass is 9.89. The average Bonchev–Trinajstić information content (AvgIpc) is 0.795. The van der Waals surface area contributed by atoms with Crippen LogP contribution in [0.3, 0.4) is 0 Å². The number of hydrogen-bond donors (Lipinski definition) is 5. The summed E-state index contributed by atoms with van der Waals surface area (Å²) >= 11 is 38.7. The van der Waals surface area contributed by atoms with Crippen LogP contribution in [-0.2, 0) is 38.2 Å². The van der Waals surface area contributed by atoms with E-state index in [1.165, 1.54) is 6.33 Å². The van der Waals surface area contributed by atoms with Crippen molar-refractivity contribution < 1.29 is 57.0 Å². The SMILES string of the molecule is C[C@H]1CCN(C(=O)OC(C)(C)C)C[C@@H]1N1CCCC(I)C1=O.C[C@H]1CCN(C(=O)OC(C)(C)C)C[C@@H]1N1CCCC(Nc2cc(Cl)cc(Cl)c2)C1=O.C[C@H]1CCN(C(=O)OC(C)(C)C)C[C@@H]1N1CCCCC1=O.C[C@H]1CCN(c2ncnc(N)c2F)C[C@@H]1N1CCCC(Nc2cc(Cl)cc(Cl)c2)C1=O.C[C@H]1CCNC[C@@H]1N1CCCC(Nc2cc(Cl)cc(Cl)c2)C1=O. The molecule has 3 aromatic carbocycles. The Morgan fingerprint density at radius 1 is 0.425 bits per heavy atom. The van der Waals surface area contributed by atoms with Crippen LogP contribution in [0.4, 0.5) is 47.5 Å². The smallest absolute Gasteiger partial charge is 0.410 e. The summed E-state index contributed by atoms with van der Waals surface area (Å²) in [6.45, 7) is 38.5. The molecule has 35 heteroatoms. The summed E-state index contributed by atoms with van der Waals surface area (Å²) in [5, 5.41) is 16.5. The van der Waals surface area contributed by atoms with Crippen LogP contribution in [0.2, 0.25) is 30.1 Å². The Morgan fingerprint density at radius 3 is 1.13 bits per heavy atom. The number of piperidine rings is 10. The highest BCUT2D eigenvalue weighted by Gasteiger charge is 2.45. The van der Waals surface area contributed by atoms with Gasteiger partial charge in [0, 0.05) is 151 Å². The summed E-state index contributed by atoms with van der Waals surface area (Å²) in [7, 11) is 0. The molecule has 127 heavy (non-hydrogen) atoms. The summed E-state index contributed by atoms with van der Waals surface area (Å²) in [5.74, 6) is 2.15. The van der Waals surface area contributed by atoms with E-state index in [9.17, 15) is 42.7 Å². The fraction of sp³-hybridized carbons (Fsp3) is 0.674. The van der Waals surface area contributed by atoms with E-state index in [1.807, 2.05) is 98.9 Å². The Kier molecular flexibility index (Phi) is 37.1. The molecule has 10 saturated heterocycles. The van der Waals surface area contributed by atoms with Gasteiger partial charge in [0.2, 0.25) is 35.4 Å². The Morgan fingerprint density at radius 2 is 0.756 bits per heavy atom. The number of halogens is 8. The van der Waals surface area contributed by atoms with Crippen molar-refractivity contribution in [3.05, 3.63) is 96.9 Å². The van der Waals surface area contributed by atoms with Crippen molar-refractivity contribution in [2.45, 2.75) is 269 Å². The maximum Gasteiger partial charge on any atom is 0.410 e. The lowest BCUT2D eigenvalue weighted by molar-refractivity contribution is -0.140. The van der Waals surface area contributed by atoms with Gasteiger partial charge in [-0.25, -0.2) is 24.4 Å². The van der Waals surface area contributed by atoms with E-state index in [0.29, 0.717) is 132 Å². The van der Waals surface area contributed by atoms with Gasteiger partial charge in [-0.3, -0.25) is 24.0 Å². The second kappa shape index (κ2) is 46.1. The second-order valence-electron chi connectivity index (χ2n) is 38.8. The summed E-state index contributed by atoms with van der Waals surface area (Å²) in [5.41, 5.74) is 6.38. The quantitative estimate of drug-likeness (QED) is 0.0500. The van der Waals surface area contributed by atoms with Gasteiger partial charge in [-0.15, -0.1) is 0 Å². The van der Waals surface area contributed by atoms with Crippen LogP contribution >= 0.6 is 92.2 Å². The number of nitrogens with two attached hydrogens (primary N) is 1. The molecule has 0 aliphatic carbocycles. The van der Waals surface area contributed by atoms with Gasteiger partial charge in [0.15, 0.2) is 11.6 Å². The van der Waals surface area contributed by atoms with Gasteiger partial charge in [0.25, 0.3) is 0 Å². The average molecular weight is 2000 g/mol. The lowest BCUT2D eigenvalue weighted by Crippen LogP contribution is -2.60. The Hall–Kier alpha value is -6.74. The number of anilines is 5. The number of nitrogens with zero attached hydrogens (tertiary/aromatic N) is 11. The molecule has 4 aromatic rings. The molecule has 10 aliphatic heterocycles. The maximum atomic E-state index is 14.5. The van der Waals surface area contributed by atoms with Crippen molar-refractivity contribution in [3.63, 3.8) is 0 Å². The van der Waals surface area contributed by atoms with E-state index in [1.54, 1.807) is 57.2 Å². The highest BCUT2D eigenvalue weighted by atomic mass is 127. The van der Waals surface area contributed by atoms with Gasteiger partial charge in [-0.05, 0) is 249 Å². The fourth-order valence-electron chi connectivity index (χ4n) is 18.4. The van der Waals surface area contributed by atoms with Gasteiger partial charge in [0.05, 0.1) is 28.1 Å². The molecule has 27 nitrogen and oxygen atoms in total. The molecule has 8 amide bonds. The van der Waals surface area contributed by atoms with Crippen molar-refractivity contribution in [1.82, 2.24) is 54.5 Å². The van der Waals surface area contributed by atoms with Gasteiger partial charge in [0.1, 0.15) is 41.3 Å². The molecular formula is C92H134Cl6FIN16O11. The molecule has 4 unspecified atom stereocenters. The van der Waals surface area contributed by atoms with E-state index in [0.717, 1.165) is 146 Å². The molecule has 0 radical (unpaired) electrons. The Labute approximate surface area is 794 Å². The summed E-state index contributed by atoms with van der Waals surface area (Å²) in [6, 6.07) is 15.3. The highest BCUT2D eigenvalue weighted by molar-refractivity contribution is 14.1. The van der Waals surface area contributed by atoms with Crippen LogP contribution in [0.1, 0.15) is 200 Å². The van der Waals surface area contributed by atoms with Crippen molar-refractivity contribution in [1.29, 1.82) is 0 Å². The number of alkyl halides is 1. The first-order valence-electron chi connectivity index (χ1n) is 45.4. The zero-order valence-electron chi connectivity index (χ0n) is 76.3. The molecule has 1 aromatic heterocycles. The van der Waals surface area contributed by atoms with Crippen molar-refractivity contribution in [3.8, 4) is 0 Å². The number of rotatable bonds is 12. The number of aromatic nitrogens is 2. The summed E-state index contributed by atoms with van der Waals surface area (Å²) in [4.78, 5) is 126. The van der Waals surface area contributed by atoms with Crippen LogP contribution in [-0.4, -0.2) is 264 Å². The topological polar surface area (TPSA) is 293 Å². The molecule has 10 fully saturated rings. The minimum absolute atomic E-state index is 0.0219. The van der Waals surface area contributed by atoms with E-state index in [-0.39, 0.29) is 112 Å². The number of ether oxygens (including phenoxy) is 3. The van der Waals surface area contributed by atoms with Crippen LogP contribution < -0.4 is 31.9 Å². The Balaban J connectivity index is 0.000000167. The summed E-state index contributed by atoms with van der Waals surface area (Å²) in [6.07, 6.45) is 14.9. The van der Waals surface area contributed by atoms with Crippen molar-refractivity contribution in [2.24, 2.45) is 29.6 Å². The molecule has 0 bridgehead atoms. The number of hydrogen-bond acceptors (Lipinski definition) is 19. The number of amides is 8. The maximum absolute atomic E-state index is 14.5. The van der Waals surface area contributed by atoms with Crippen LogP contribution in [0.5, 0.6) is 0 Å². The zero-order valence-corrected chi connectivity index (χ0v) is 83.0. The molecular weight excluding hydrogens is 1860 g/mol. The van der Waals surface area contributed by atoms with E-state index >= 15 is 0 Å². The molecule has 0 spiro atoms. The molecule has 704 valence electrons. The first-order chi connectivity index (χ1) is 59.9. The predicted octanol–water partition coefficient (Wildman–Crippen LogP) is 18.0. The van der Waals surface area contributed by atoms with E-state index < -0.39 is 22.6 Å². The lowest BCUT2D eigenvalue weighted by Gasteiger charge is -2.46. The van der Waals surface area contributed by atoms with Crippen LogP contribution in [0.25, 0.3) is 0 Å². The second-order valence-corrected chi connectivity index (χ2v) is 42.9. The third kappa shape index (κ3) is 29.4. The van der Waals surface area contributed by atoms with Gasteiger partial charge >= 0.3 is 18.3 Å². The Bertz CT molecular complexity index is 4380. The molecule has 14 atom stereocenters. The minimum Gasteiger partial charge on any atom is -0.444 e. The first-order valence-corrected chi connectivity index (χ1v) is 48.9.